The van der Waals surface area contributed by atoms with Crippen LogP contribution in [0.2, 0.25) is 0 Å². The van der Waals surface area contributed by atoms with Gasteiger partial charge in [0.05, 0.1) is 6.42 Å². The second-order valence-corrected chi connectivity index (χ2v) is 8.40. The molecule has 2 amide bonds. The van der Waals surface area contributed by atoms with E-state index in [4.69, 9.17) is 9.84 Å². The number of carboxylic acid groups (broad SMARTS) is 1. The number of hydrogen-bond donors (Lipinski definition) is 3. The summed E-state index contributed by atoms with van der Waals surface area (Å²) in [4.78, 5) is 36.4. The first kappa shape index (κ1) is 24.3. The van der Waals surface area contributed by atoms with Crippen molar-refractivity contribution in [2.45, 2.75) is 64.0 Å². The van der Waals surface area contributed by atoms with Crippen molar-refractivity contribution in [1.29, 1.82) is 0 Å². The molecule has 3 rings (SSSR count). The highest BCUT2D eigenvalue weighted by molar-refractivity contribution is 5.86. The lowest BCUT2D eigenvalue weighted by Crippen LogP contribution is -2.50. The smallest absolute Gasteiger partial charge is 0.407 e. The number of aliphatic carboxylic acids is 1. The highest BCUT2D eigenvalue weighted by Gasteiger charge is 2.30. The Morgan fingerprint density at radius 3 is 2.03 bits per heavy atom. The molecule has 0 saturated heterocycles. The van der Waals surface area contributed by atoms with E-state index in [2.05, 4.69) is 22.8 Å². The summed E-state index contributed by atoms with van der Waals surface area (Å²) in [7, 11) is 0. The van der Waals surface area contributed by atoms with Crippen LogP contribution in [0.1, 0.15) is 63.0 Å². The van der Waals surface area contributed by atoms with Crippen molar-refractivity contribution in [2.24, 2.45) is 0 Å². The van der Waals surface area contributed by atoms with E-state index in [0.29, 0.717) is 19.3 Å². The largest absolute Gasteiger partial charge is 0.481 e. The molecule has 33 heavy (non-hydrogen) atoms. The highest BCUT2D eigenvalue weighted by Crippen LogP contribution is 2.44. The van der Waals surface area contributed by atoms with Gasteiger partial charge < -0.3 is 20.5 Å². The van der Waals surface area contributed by atoms with Gasteiger partial charge in [0.15, 0.2) is 0 Å². The Morgan fingerprint density at radius 2 is 1.48 bits per heavy atom. The molecule has 2 aromatic rings. The minimum atomic E-state index is -0.967. The Labute approximate surface area is 194 Å². The molecule has 2 aromatic carbocycles. The maximum atomic E-state index is 12.7. The molecule has 0 aliphatic heterocycles. The molecule has 7 nitrogen and oxygen atoms in total. The molecule has 0 radical (unpaired) electrons. The molecule has 2 unspecified atom stereocenters. The number of benzene rings is 2. The van der Waals surface area contributed by atoms with Crippen LogP contribution in [0, 0.1) is 0 Å². The van der Waals surface area contributed by atoms with Gasteiger partial charge in [0.25, 0.3) is 0 Å². The zero-order valence-corrected chi connectivity index (χ0v) is 19.2. The zero-order valence-electron chi connectivity index (χ0n) is 19.2. The number of carbonyl (C=O) groups excluding carboxylic acids is 2. The molecular weight excluding hydrogens is 420 g/mol. The molecule has 7 heteroatoms. The molecule has 0 bridgehead atoms. The number of amides is 2. The van der Waals surface area contributed by atoms with Gasteiger partial charge in [-0.3, -0.25) is 9.59 Å². The summed E-state index contributed by atoms with van der Waals surface area (Å²) in [6.45, 7) is 4.01. The van der Waals surface area contributed by atoms with Crippen molar-refractivity contribution in [1.82, 2.24) is 10.6 Å². The van der Waals surface area contributed by atoms with Gasteiger partial charge >= 0.3 is 12.1 Å². The summed E-state index contributed by atoms with van der Waals surface area (Å²) in [6, 6.07) is 14.9. The van der Waals surface area contributed by atoms with Crippen LogP contribution in [0.5, 0.6) is 0 Å². The lowest BCUT2D eigenvalue weighted by atomic mass is 9.98. The van der Waals surface area contributed by atoms with E-state index in [1.807, 2.05) is 50.2 Å². The van der Waals surface area contributed by atoms with Gasteiger partial charge in [-0.25, -0.2) is 4.79 Å². The molecule has 0 aromatic heterocycles. The lowest BCUT2D eigenvalue weighted by molar-refractivity contribution is -0.137. The van der Waals surface area contributed by atoms with Gasteiger partial charge in [-0.15, -0.1) is 0 Å². The number of rotatable bonds is 11. The van der Waals surface area contributed by atoms with Gasteiger partial charge in [-0.05, 0) is 35.1 Å². The molecule has 2 atom stereocenters. The minimum Gasteiger partial charge on any atom is -0.481 e. The third kappa shape index (κ3) is 6.12. The molecule has 0 heterocycles. The number of carboxylic acids is 1. The van der Waals surface area contributed by atoms with Gasteiger partial charge in [-0.2, -0.15) is 0 Å². The predicted molar refractivity (Wildman–Crippen MR) is 126 cm³/mol. The lowest BCUT2D eigenvalue weighted by Gasteiger charge is -2.22. The Bertz CT molecular complexity index is 945. The van der Waals surface area contributed by atoms with Crippen LogP contribution in [0.4, 0.5) is 4.79 Å². The summed E-state index contributed by atoms with van der Waals surface area (Å²) in [5.41, 5.74) is 4.52. The van der Waals surface area contributed by atoms with Crippen LogP contribution in [-0.4, -0.2) is 41.8 Å². The minimum absolute atomic E-state index is 0.0638. The number of nitrogens with one attached hydrogen (secondary N) is 2. The average molecular weight is 453 g/mol. The van der Waals surface area contributed by atoms with E-state index < -0.39 is 24.1 Å². The van der Waals surface area contributed by atoms with Crippen LogP contribution in [0.3, 0.4) is 0 Å². The van der Waals surface area contributed by atoms with Crippen molar-refractivity contribution < 1.29 is 24.2 Å². The fraction of sp³-hybridized carbons (Fsp3) is 0.423. The summed E-state index contributed by atoms with van der Waals surface area (Å²) in [6.07, 6.45) is 1.61. The molecule has 1 aliphatic rings. The van der Waals surface area contributed by atoms with Crippen LogP contribution >= 0.6 is 0 Å². The molecule has 0 saturated carbocycles. The van der Waals surface area contributed by atoms with E-state index in [-0.39, 0.29) is 24.9 Å². The topological polar surface area (TPSA) is 105 Å². The van der Waals surface area contributed by atoms with E-state index >= 15 is 0 Å². The zero-order chi connectivity index (χ0) is 23.8. The van der Waals surface area contributed by atoms with Gasteiger partial charge in [-0.1, -0.05) is 75.2 Å². The molecular formula is C26H32N2O5. The summed E-state index contributed by atoms with van der Waals surface area (Å²) in [5, 5.41) is 14.5. The van der Waals surface area contributed by atoms with Crippen molar-refractivity contribution in [3.63, 3.8) is 0 Å². The predicted octanol–water partition coefficient (Wildman–Crippen LogP) is 4.45. The standard InChI is InChI=1S/C26H32N2O5/c1-3-9-17(15-24(29)30)27-25(31)23(10-4-2)28-26(32)33-16-22-20-13-7-5-11-18(20)19-12-6-8-14-21(19)22/h5-8,11-14,17,22-23H,3-4,9-10,15-16H2,1-2H3,(H,27,31)(H,28,32)(H,29,30). The van der Waals surface area contributed by atoms with Crippen molar-refractivity contribution in [2.75, 3.05) is 6.61 Å². The number of carbonyl (C=O) groups is 3. The highest BCUT2D eigenvalue weighted by atomic mass is 16.5. The molecule has 0 fully saturated rings. The van der Waals surface area contributed by atoms with Crippen LogP contribution in [0.15, 0.2) is 48.5 Å². The Hall–Kier alpha value is -3.35. The fourth-order valence-electron chi connectivity index (χ4n) is 4.43. The van der Waals surface area contributed by atoms with Gasteiger partial charge in [0.2, 0.25) is 5.91 Å². The molecule has 3 N–H and O–H groups in total. The quantitative estimate of drug-likeness (QED) is 0.467. The molecule has 1 aliphatic carbocycles. The second-order valence-electron chi connectivity index (χ2n) is 8.40. The fourth-order valence-corrected chi connectivity index (χ4v) is 4.43. The summed E-state index contributed by atoms with van der Waals surface area (Å²) >= 11 is 0. The number of alkyl carbamates (subject to hydrolysis) is 1. The van der Waals surface area contributed by atoms with Crippen molar-refractivity contribution >= 4 is 18.0 Å². The van der Waals surface area contributed by atoms with Gasteiger partial charge in [0.1, 0.15) is 12.6 Å². The first-order chi connectivity index (χ1) is 15.9. The van der Waals surface area contributed by atoms with Crippen LogP contribution < -0.4 is 10.6 Å². The van der Waals surface area contributed by atoms with Crippen LogP contribution in [-0.2, 0) is 14.3 Å². The number of ether oxygens (including phenoxy) is 1. The van der Waals surface area contributed by atoms with Crippen molar-refractivity contribution in [3.05, 3.63) is 59.7 Å². The second kappa shape index (κ2) is 11.5. The molecule has 0 spiro atoms. The van der Waals surface area contributed by atoms with E-state index in [1.54, 1.807) is 0 Å². The third-order valence-corrected chi connectivity index (χ3v) is 5.93. The van der Waals surface area contributed by atoms with Crippen LogP contribution in [0.25, 0.3) is 11.1 Å². The first-order valence-electron chi connectivity index (χ1n) is 11.6. The average Bonchev–Trinajstić information content (AvgIpc) is 3.11. The summed E-state index contributed by atoms with van der Waals surface area (Å²) in [5.74, 6) is -1.42. The Morgan fingerprint density at radius 1 is 0.909 bits per heavy atom. The number of fused-ring (bicyclic) bond motifs is 3. The molecule has 176 valence electrons. The van der Waals surface area contributed by atoms with E-state index in [9.17, 15) is 14.4 Å². The Kier molecular flexibility index (Phi) is 8.46. The van der Waals surface area contributed by atoms with E-state index in [1.165, 1.54) is 0 Å². The Balaban J connectivity index is 1.62. The maximum absolute atomic E-state index is 12.7. The van der Waals surface area contributed by atoms with E-state index in [0.717, 1.165) is 28.7 Å². The maximum Gasteiger partial charge on any atom is 0.407 e. The summed E-state index contributed by atoms with van der Waals surface area (Å²) < 4.78 is 5.56. The SMILES string of the molecule is CCCC(CC(=O)O)NC(=O)C(CCC)NC(=O)OCC1c2ccccc2-c2ccccc21. The number of hydrogen-bond acceptors (Lipinski definition) is 4. The van der Waals surface area contributed by atoms with Crippen molar-refractivity contribution in [3.8, 4) is 11.1 Å². The normalized spacial score (nSPS) is 14.0. The first-order valence-corrected chi connectivity index (χ1v) is 11.6. The monoisotopic (exact) mass is 452 g/mol. The third-order valence-electron chi connectivity index (χ3n) is 5.93. The van der Waals surface area contributed by atoms with Gasteiger partial charge in [0, 0.05) is 12.0 Å².